The highest BCUT2D eigenvalue weighted by atomic mass is 79.9. The number of aromatic carboxylic acids is 1. The van der Waals surface area contributed by atoms with Gasteiger partial charge in [0.25, 0.3) is 0 Å². The van der Waals surface area contributed by atoms with Crippen molar-refractivity contribution in [2.75, 3.05) is 0 Å². The molecule has 1 heterocycles. The summed E-state index contributed by atoms with van der Waals surface area (Å²) in [6, 6.07) is 11.9. The minimum absolute atomic E-state index is 0.0842. The summed E-state index contributed by atoms with van der Waals surface area (Å²) in [5.41, 5.74) is 1.57. The number of benzene rings is 2. The van der Waals surface area contributed by atoms with Crippen LogP contribution < -0.4 is 0 Å². The van der Waals surface area contributed by atoms with Gasteiger partial charge in [0.15, 0.2) is 5.69 Å². The Hall–Kier alpha value is -2.14. The molecule has 0 saturated heterocycles. The second-order valence-electron chi connectivity index (χ2n) is 4.59. The summed E-state index contributed by atoms with van der Waals surface area (Å²) in [5.74, 6) is -1.01. The summed E-state index contributed by atoms with van der Waals surface area (Å²) in [5, 5.41) is 15.4. The predicted octanol–water partition coefficient (Wildman–Crippen LogP) is 3.79. The minimum atomic E-state index is -1.01. The number of hydrogen-bond acceptors (Lipinski definition) is 2. The average molecular weight is 331 g/mol. The molecule has 0 atom stereocenters. The number of halogens is 1. The number of nitrogens with zero attached hydrogens (tertiary/aromatic N) is 2. The fourth-order valence-electron chi connectivity index (χ4n) is 2.15. The van der Waals surface area contributed by atoms with Crippen LogP contribution in [0.1, 0.15) is 16.1 Å². The number of rotatable bonds is 2. The molecule has 0 spiro atoms. The van der Waals surface area contributed by atoms with Crippen LogP contribution in [0.3, 0.4) is 0 Å². The fourth-order valence-corrected chi connectivity index (χ4v) is 2.53. The van der Waals surface area contributed by atoms with E-state index in [0.717, 1.165) is 20.9 Å². The van der Waals surface area contributed by atoms with Crippen molar-refractivity contribution >= 4 is 32.7 Å². The number of carboxylic acids is 1. The third-order valence-electron chi connectivity index (χ3n) is 3.15. The molecule has 0 bridgehead atoms. The maximum absolute atomic E-state index is 11.0. The normalized spacial score (nSPS) is 10.9. The quantitative estimate of drug-likeness (QED) is 0.777. The summed E-state index contributed by atoms with van der Waals surface area (Å²) in [7, 11) is 0. The molecule has 4 nitrogen and oxygen atoms in total. The van der Waals surface area contributed by atoms with Crippen molar-refractivity contribution in [1.82, 2.24) is 9.78 Å². The molecule has 0 aliphatic heterocycles. The highest BCUT2D eigenvalue weighted by Gasteiger charge is 2.13. The van der Waals surface area contributed by atoms with Gasteiger partial charge in [-0.05, 0) is 42.0 Å². The minimum Gasteiger partial charge on any atom is -0.476 e. The fraction of sp³-hybridized carbons (Fsp3) is 0.0667. The van der Waals surface area contributed by atoms with E-state index in [4.69, 9.17) is 5.11 Å². The van der Waals surface area contributed by atoms with Crippen LogP contribution in [-0.4, -0.2) is 20.9 Å². The smallest absolute Gasteiger partial charge is 0.356 e. The van der Waals surface area contributed by atoms with Gasteiger partial charge in [-0.25, -0.2) is 9.48 Å². The molecule has 0 unspecified atom stereocenters. The molecule has 3 aromatic rings. The van der Waals surface area contributed by atoms with E-state index in [1.807, 2.05) is 36.4 Å². The Morgan fingerprint density at radius 3 is 2.60 bits per heavy atom. The van der Waals surface area contributed by atoms with Crippen LogP contribution in [-0.2, 0) is 0 Å². The molecule has 3 rings (SSSR count). The summed E-state index contributed by atoms with van der Waals surface area (Å²) in [6.07, 6.45) is 1.73. The molecule has 0 amide bonds. The molecule has 2 aromatic carbocycles. The SMILES string of the molecule is Cc1cn(-c2ccc3cc(Br)ccc3c2)nc1C(=O)O. The van der Waals surface area contributed by atoms with Gasteiger partial charge in [-0.1, -0.05) is 28.1 Å². The van der Waals surface area contributed by atoms with E-state index in [1.165, 1.54) is 0 Å². The number of fused-ring (bicyclic) bond motifs is 1. The lowest BCUT2D eigenvalue weighted by atomic mass is 10.1. The molecule has 0 aliphatic rings. The first-order valence-corrected chi connectivity index (χ1v) is 6.83. The van der Waals surface area contributed by atoms with Crippen LogP contribution in [0.15, 0.2) is 47.1 Å². The van der Waals surface area contributed by atoms with Gasteiger partial charge in [-0.3, -0.25) is 0 Å². The van der Waals surface area contributed by atoms with Crippen LogP contribution in [0.4, 0.5) is 0 Å². The topological polar surface area (TPSA) is 55.1 Å². The lowest BCUT2D eigenvalue weighted by Gasteiger charge is -2.04. The Balaban J connectivity index is 2.12. The second kappa shape index (κ2) is 4.76. The molecule has 100 valence electrons. The van der Waals surface area contributed by atoms with Crippen LogP contribution in [0.5, 0.6) is 0 Å². The number of carbonyl (C=O) groups is 1. The third-order valence-corrected chi connectivity index (χ3v) is 3.64. The van der Waals surface area contributed by atoms with E-state index >= 15 is 0 Å². The molecule has 1 aromatic heterocycles. The summed E-state index contributed by atoms with van der Waals surface area (Å²) in [6.45, 7) is 1.74. The lowest BCUT2D eigenvalue weighted by molar-refractivity contribution is 0.0689. The van der Waals surface area contributed by atoms with E-state index in [0.29, 0.717) is 5.56 Å². The molecule has 20 heavy (non-hydrogen) atoms. The lowest BCUT2D eigenvalue weighted by Crippen LogP contribution is -2.01. The van der Waals surface area contributed by atoms with Crippen molar-refractivity contribution in [2.24, 2.45) is 0 Å². The van der Waals surface area contributed by atoms with Gasteiger partial charge in [-0.15, -0.1) is 0 Å². The zero-order chi connectivity index (χ0) is 14.3. The van der Waals surface area contributed by atoms with Crippen LogP contribution in [0, 0.1) is 6.92 Å². The van der Waals surface area contributed by atoms with Gasteiger partial charge in [0.2, 0.25) is 0 Å². The number of carboxylic acid groups (broad SMARTS) is 1. The molecule has 1 N–H and O–H groups in total. The van der Waals surface area contributed by atoms with Gasteiger partial charge in [-0.2, -0.15) is 5.10 Å². The molecule has 0 aliphatic carbocycles. The maximum Gasteiger partial charge on any atom is 0.356 e. The largest absolute Gasteiger partial charge is 0.476 e. The van der Waals surface area contributed by atoms with Crippen LogP contribution in [0.25, 0.3) is 16.5 Å². The Bertz CT molecular complexity index is 824. The number of aromatic nitrogens is 2. The van der Waals surface area contributed by atoms with E-state index in [9.17, 15) is 4.79 Å². The zero-order valence-electron chi connectivity index (χ0n) is 10.7. The van der Waals surface area contributed by atoms with Crippen molar-refractivity contribution in [2.45, 2.75) is 6.92 Å². The standard InChI is InChI=1S/C15H11BrN2O2/c1-9-8-18(17-14(9)15(19)20)13-5-3-10-6-12(16)4-2-11(10)7-13/h2-8H,1H3,(H,19,20). The summed E-state index contributed by atoms with van der Waals surface area (Å²) < 4.78 is 2.63. The van der Waals surface area contributed by atoms with Crippen molar-refractivity contribution in [3.05, 3.63) is 58.3 Å². The van der Waals surface area contributed by atoms with Gasteiger partial charge in [0.1, 0.15) is 0 Å². The molecule has 0 fully saturated rings. The molecule has 5 heteroatoms. The Morgan fingerprint density at radius 1 is 1.20 bits per heavy atom. The summed E-state index contributed by atoms with van der Waals surface area (Å²) >= 11 is 3.44. The summed E-state index contributed by atoms with van der Waals surface area (Å²) in [4.78, 5) is 11.0. The van der Waals surface area contributed by atoms with Crippen molar-refractivity contribution < 1.29 is 9.90 Å². The predicted molar refractivity (Wildman–Crippen MR) is 80.5 cm³/mol. The molecular formula is C15H11BrN2O2. The van der Waals surface area contributed by atoms with Gasteiger partial charge in [0, 0.05) is 16.2 Å². The first-order chi connectivity index (χ1) is 9.54. The highest BCUT2D eigenvalue weighted by molar-refractivity contribution is 9.10. The van der Waals surface area contributed by atoms with Gasteiger partial charge >= 0.3 is 5.97 Å². The van der Waals surface area contributed by atoms with Gasteiger partial charge < -0.3 is 5.11 Å². The van der Waals surface area contributed by atoms with Crippen molar-refractivity contribution in [3.63, 3.8) is 0 Å². The molecule has 0 radical (unpaired) electrons. The van der Waals surface area contributed by atoms with Crippen molar-refractivity contribution in [3.8, 4) is 5.69 Å². The molecular weight excluding hydrogens is 320 g/mol. The first kappa shape index (κ1) is 12.9. The van der Waals surface area contributed by atoms with Crippen LogP contribution >= 0.6 is 15.9 Å². The van der Waals surface area contributed by atoms with E-state index in [1.54, 1.807) is 17.8 Å². The monoisotopic (exact) mass is 330 g/mol. The van der Waals surface area contributed by atoms with E-state index in [-0.39, 0.29) is 5.69 Å². The Morgan fingerprint density at radius 2 is 1.90 bits per heavy atom. The van der Waals surface area contributed by atoms with Crippen molar-refractivity contribution in [1.29, 1.82) is 0 Å². The van der Waals surface area contributed by atoms with Crippen LogP contribution in [0.2, 0.25) is 0 Å². The Labute approximate surface area is 123 Å². The average Bonchev–Trinajstić information content (AvgIpc) is 2.80. The van der Waals surface area contributed by atoms with E-state index in [2.05, 4.69) is 21.0 Å². The van der Waals surface area contributed by atoms with Gasteiger partial charge in [0.05, 0.1) is 5.69 Å². The molecule has 0 saturated carbocycles. The number of aryl methyl sites for hydroxylation is 1. The third kappa shape index (κ3) is 2.20. The maximum atomic E-state index is 11.0. The zero-order valence-corrected chi connectivity index (χ0v) is 12.3. The first-order valence-electron chi connectivity index (χ1n) is 6.04. The highest BCUT2D eigenvalue weighted by Crippen LogP contribution is 2.22. The second-order valence-corrected chi connectivity index (χ2v) is 5.50. The Kier molecular flexibility index (Phi) is 3.06. The number of hydrogen-bond donors (Lipinski definition) is 1. The van der Waals surface area contributed by atoms with E-state index < -0.39 is 5.97 Å².